The van der Waals surface area contributed by atoms with Gasteiger partial charge >= 0.3 is 0 Å². The molecule has 0 aliphatic carbocycles. The van der Waals surface area contributed by atoms with Crippen molar-refractivity contribution in [1.82, 2.24) is 9.80 Å². The van der Waals surface area contributed by atoms with Crippen LogP contribution in [0.25, 0.3) is 6.08 Å². The summed E-state index contributed by atoms with van der Waals surface area (Å²) in [6.45, 7) is 8.19. The molecule has 0 bridgehead atoms. The van der Waals surface area contributed by atoms with Crippen LogP contribution in [0.3, 0.4) is 0 Å². The highest BCUT2D eigenvalue weighted by Crippen LogP contribution is 2.28. The molecule has 5 nitrogen and oxygen atoms in total. The van der Waals surface area contributed by atoms with Crippen LogP contribution >= 0.6 is 0 Å². The second-order valence-electron chi connectivity index (χ2n) is 6.26. The van der Waals surface area contributed by atoms with Gasteiger partial charge in [-0.25, -0.2) is 0 Å². The molecule has 0 radical (unpaired) electrons. The van der Waals surface area contributed by atoms with Gasteiger partial charge < -0.3 is 19.3 Å². The number of amides is 1. The van der Waals surface area contributed by atoms with E-state index in [4.69, 9.17) is 9.47 Å². The number of carbonyl (C=O) groups is 1. The summed E-state index contributed by atoms with van der Waals surface area (Å²) in [4.78, 5) is 17.0. The van der Waals surface area contributed by atoms with Crippen LogP contribution in [0.5, 0.6) is 11.5 Å². The maximum atomic E-state index is 12.6. The van der Waals surface area contributed by atoms with Gasteiger partial charge in [0.05, 0.1) is 14.2 Å². The van der Waals surface area contributed by atoms with Crippen molar-refractivity contribution in [3.8, 4) is 11.5 Å². The Morgan fingerprint density at radius 3 is 2.60 bits per heavy atom. The monoisotopic (exact) mass is 346 g/mol. The lowest BCUT2D eigenvalue weighted by atomic mass is 10.1. The van der Waals surface area contributed by atoms with Crippen molar-refractivity contribution in [3.05, 3.63) is 29.8 Å². The highest BCUT2D eigenvalue weighted by atomic mass is 16.5. The normalized spacial score (nSPS) is 17.5. The summed E-state index contributed by atoms with van der Waals surface area (Å²) < 4.78 is 10.6. The third-order valence-corrected chi connectivity index (χ3v) is 4.85. The average Bonchev–Trinajstić information content (AvgIpc) is 3.12. The molecule has 1 aromatic rings. The van der Waals surface area contributed by atoms with E-state index in [1.165, 1.54) is 0 Å². The van der Waals surface area contributed by atoms with Gasteiger partial charge in [0, 0.05) is 25.2 Å². The van der Waals surface area contributed by atoms with Crippen LogP contribution < -0.4 is 9.47 Å². The third-order valence-electron chi connectivity index (χ3n) is 4.85. The summed E-state index contributed by atoms with van der Waals surface area (Å²) in [5.74, 6) is 1.44. The zero-order chi connectivity index (χ0) is 18.2. The molecule has 1 aliphatic heterocycles. The summed E-state index contributed by atoms with van der Waals surface area (Å²) in [5, 5.41) is 0. The van der Waals surface area contributed by atoms with E-state index >= 15 is 0 Å². The number of benzene rings is 1. The Hall–Kier alpha value is -2.01. The lowest BCUT2D eigenvalue weighted by Gasteiger charge is -2.29. The predicted octanol–water partition coefficient (Wildman–Crippen LogP) is 3.05. The van der Waals surface area contributed by atoms with E-state index in [-0.39, 0.29) is 5.91 Å². The zero-order valence-corrected chi connectivity index (χ0v) is 15.8. The van der Waals surface area contributed by atoms with Crippen molar-refractivity contribution in [3.63, 3.8) is 0 Å². The smallest absolute Gasteiger partial charge is 0.246 e. The van der Waals surface area contributed by atoms with E-state index in [0.717, 1.165) is 44.6 Å². The van der Waals surface area contributed by atoms with Crippen LogP contribution in [0.2, 0.25) is 0 Å². The van der Waals surface area contributed by atoms with Gasteiger partial charge in [-0.05, 0) is 49.7 Å². The number of hydrogen-bond donors (Lipinski definition) is 0. The first-order valence-corrected chi connectivity index (χ1v) is 9.06. The van der Waals surface area contributed by atoms with Crippen molar-refractivity contribution in [2.45, 2.75) is 32.7 Å². The quantitative estimate of drug-likeness (QED) is 0.679. The molecule has 1 saturated heterocycles. The average molecular weight is 346 g/mol. The van der Waals surface area contributed by atoms with E-state index in [9.17, 15) is 4.79 Å². The van der Waals surface area contributed by atoms with Gasteiger partial charge in [-0.15, -0.1) is 0 Å². The molecular formula is C20H30N2O3. The molecule has 1 atom stereocenters. The van der Waals surface area contributed by atoms with Gasteiger partial charge in [-0.1, -0.05) is 19.9 Å². The van der Waals surface area contributed by atoms with Crippen molar-refractivity contribution in [1.29, 1.82) is 0 Å². The third kappa shape index (κ3) is 4.98. The van der Waals surface area contributed by atoms with E-state index in [0.29, 0.717) is 17.5 Å². The molecule has 0 spiro atoms. The van der Waals surface area contributed by atoms with Crippen LogP contribution in [-0.4, -0.2) is 62.1 Å². The lowest BCUT2D eigenvalue weighted by Crippen LogP contribution is -2.42. The number of nitrogens with zero attached hydrogens (tertiary/aromatic N) is 2. The minimum absolute atomic E-state index is 0.0874. The van der Waals surface area contributed by atoms with Crippen LogP contribution in [0.15, 0.2) is 24.3 Å². The SMILES string of the molecule is CCN(CC)C[C@@H]1CCCN1C(=O)C=Cc1ccc(OC)c(OC)c1. The fourth-order valence-electron chi connectivity index (χ4n) is 3.32. The fraction of sp³-hybridized carbons (Fsp3) is 0.550. The van der Waals surface area contributed by atoms with Gasteiger partial charge in [-0.2, -0.15) is 0 Å². The zero-order valence-electron chi connectivity index (χ0n) is 15.8. The Bertz CT molecular complexity index is 597. The van der Waals surface area contributed by atoms with E-state index in [1.54, 1.807) is 20.3 Å². The number of rotatable bonds is 8. The number of hydrogen-bond acceptors (Lipinski definition) is 4. The predicted molar refractivity (Wildman–Crippen MR) is 101 cm³/mol. The van der Waals surface area contributed by atoms with Gasteiger partial charge in [0.15, 0.2) is 11.5 Å². The molecule has 5 heteroatoms. The molecule has 1 aromatic carbocycles. The number of likely N-dealkylation sites (tertiary alicyclic amines) is 1. The number of methoxy groups -OCH3 is 2. The molecule has 0 unspecified atom stereocenters. The first kappa shape index (κ1) is 19.3. The molecule has 1 fully saturated rings. The van der Waals surface area contributed by atoms with E-state index < -0.39 is 0 Å². The lowest BCUT2D eigenvalue weighted by molar-refractivity contribution is -0.127. The van der Waals surface area contributed by atoms with E-state index in [1.807, 2.05) is 29.2 Å². The maximum absolute atomic E-state index is 12.6. The molecule has 1 aliphatic rings. The standard InChI is InChI=1S/C20H30N2O3/c1-5-21(6-2)15-17-8-7-13-22(17)20(23)12-10-16-9-11-18(24-3)19(14-16)25-4/h9-12,14,17H,5-8,13,15H2,1-4H3/t17-/m0/s1. The molecule has 1 amide bonds. The van der Waals surface area contributed by atoms with Gasteiger partial charge in [0.2, 0.25) is 5.91 Å². The van der Waals surface area contributed by atoms with Gasteiger partial charge in [-0.3, -0.25) is 4.79 Å². The number of likely N-dealkylation sites (N-methyl/N-ethyl adjacent to an activating group) is 1. The minimum Gasteiger partial charge on any atom is -0.493 e. The second kappa shape index (κ2) is 9.47. The Labute approximate surface area is 151 Å². The number of ether oxygens (including phenoxy) is 2. The highest BCUT2D eigenvalue weighted by Gasteiger charge is 2.28. The van der Waals surface area contributed by atoms with Crippen molar-refractivity contribution in [2.75, 3.05) is 40.4 Å². The Morgan fingerprint density at radius 1 is 1.24 bits per heavy atom. The van der Waals surface area contributed by atoms with Crippen molar-refractivity contribution >= 4 is 12.0 Å². The summed E-state index contributed by atoms with van der Waals surface area (Å²) in [6.07, 6.45) is 5.69. The molecule has 0 N–H and O–H groups in total. The van der Waals surface area contributed by atoms with E-state index in [2.05, 4.69) is 18.7 Å². The first-order chi connectivity index (χ1) is 12.1. The Morgan fingerprint density at radius 2 is 1.96 bits per heavy atom. The van der Waals surface area contributed by atoms with Crippen LogP contribution in [0.1, 0.15) is 32.3 Å². The first-order valence-electron chi connectivity index (χ1n) is 9.06. The van der Waals surface area contributed by atoms with Crippen LogP contribution in [-0.2, 0) is 4.79 Å². The second-order valence-corrected chi connectivity index (χ2v) is 6.26. The van der Waals surface area contributed by atoms with Crippen LogP contribution in [0.4, 0.5) is 0 Å². The summed E-state index contributed by atoms with van der Waals surface area (Å²) in [7, 11) is 3.22. The minimum atomic E-state index is 0.0874. The molecule has 25 heavy (non-hydrogen) atoms. The Kier molecular flexibility index (Phi) is 7.31. The highest BCUT2D eigenvalue weighted by molar-refractivity contribution is 5.92. The molecule has 1 heterocycles. The van der Waals surface area contributed by atoms with Crippen molar-refractivity contribution < 1.29 is 14.3 Å². The largest absolute Gasteiger partial charge is 0.493 e. The summed E-state index contributed by atoms with van der Waals surface area (Å²) in [5.41, 5.74) is 0.922. The van der Waals surface area contributed by atoms with Crippen LogP contribution in [0, 0.1) is 0 Å². The molecule has 0 saturated carbocycles. The summed E-state index contributed by atoms with van der Waals surface area (Å²) in [6, 6.07) is 5.97. The topological polar surface area (TPSA) is 42.0 Å². The van der Waals surface area contributed by atoms with Gasteiger partial charge in [0.25, 0.3) is 0 Å². The van der Waals surface area contributed by atoms with Crippen molar-refractivity contribution in [2.24, 2.45) is 0 Å². The molecule has 2 rings (SSSR count). The molecule has 138 valence electrons. The Balaban J connectivity index is 2.04. The maximum Gasteiger partial charge on any atom is 0.246 e. The fourth-order valence-corrected chi connectivity index (χ4v) is 3.32. The molecule has 0 aromatic heterocycles. The molecular weight excluding hydrogens is 316 g/mol. The number of carbonyl (C=O) groups excluding carboxylic acids is 1. The summed E-state index contributed by atoms with van der Waals surface area (Å²) >= 11 is 0. The van der Waals surface area contributed by atoms with Gasteiger partial charge in [0.1, 0.15) is 0 Å².